The summed E-state index contributed by atoms with van der Waals surface area (Å²) in [5, 5.41) is 3.45. The summed E-state index contributed by atoms with van der Waals surface area (Å²) in [6, 6.07) is 1.45. The SMILES string of the molecule is CNC1CCN(C(C)C2CCOCC2)CC1C. The third kappa shape index (κ3) is 3.21. The van der Waals surface area contributed by atoms with E-state index < -0.39 is 0 Å². The van der Waals surface area contributed by atoms with Gasteiger partial charge in [-0.2, -0.15) is 0 Å². The van der Waals surface area contributed by atoms with Crippen LogP contribution in [0.1, 0.15) is 33.1 Å². The van der Waals surface area contributed by atoms with Crippen LogP contribution in [0.3, 0.4) is 0 Å². The van der Waals surface area contributed by atoms with E-state index in [4.69, 9.17) is 4.74 Å². The zero-order valence-corrected chi connectivity index (χ0v) is 11.6. The summed E-state index contributed by atoms with van der Waals surface area (Å²) in [6.07, 6.45) is 3.80. The molecule has 0 spiro atoms. The molecule has 0 aliphatic carbocycles. The van der Waals surface area contributed by atoms with Gasteiger partial charge in [-0.3, -0.25) is 0 Å². The fourth-order valence-electron chi connectivity index (χ4n) is 3.47. The maximum atomic E-state index is 5.46. The molecular weight excluding hydrogens is 212 g/mol. The third-order valence-corrected chi connectivity index (χ3v) is 4.83. The van der Waals surface area contributed by atoms with E-state index in [1.165, 1.54) is 32.4 Å². The van der Waals surface area contributed by atoms with Gasteiger partial charge in [0.05, 0.1) is 0 Å². The van der Waals surface area contributed by atoms with E-state index in [0.717, 1.165) is 31.1 Å². The second kappa shape index (κ2) is 6.17. The van der Waals surface area contributed by atoms with Gasteiger partial charge in [-0.25, -0.2) is 0 Å². The van der Waals surface area contributed by atoms with Crippen molar-refractivity contribution in [2.45, 2.75) is 45.2 Å². The number of rotatable bonds is 3. The normalized spacial score (nSPS) is 34.8. The highest BCUT2D eigenvalue weighted by Gasteiger charge is 2.31. The topological polar surface area (TPSA) is 24.5 Å². The standard InChI is InChI=1S/C14H28N2O/c1-11-10-16(7-4-14(11)15-3)12(2)13-5-8-17-9-6-13/h11-15H,4-10H2,1-3H3. The Hall–Kier alpha value is -0.120. The van der Waals surface area contributed by atoms with Gasteiger partial charge in [0.2, 0.25) is 0 Å². The molecule has 1 N–H and O–H groups in total. The predicted molar refractivity (Wildman–Crippen MR) is 71.2 cm³/mol. The summed E-state index contributed by atoms with van der Waals surface area (Å²) < 4.78 is 5.46. The van der Waals surface area contributed by atoms with Crippen molar-refractivity contribution in [3.05, 3.63) is 0 Å². The molecule has 0 aromatic rings. The van der Waals surface area contributed by atoms with Crippen molar-refractivity contribution in [2.24, 2.45) is 11.8 Å². The molecule has 2 aliphatic rings. The predicted octanol–water partition coefficient (Wildman–Crippen LogP) is 1.73. The van der Waals surface area contributed by atoms with Crippen molar-refractivity contribution < 1.29 is 4.74 Å². The van der Waals surface area contributed by atoms with E-state index in [9.17, 15) is 0 Å². The lowest BCUT2D eigenvalue weighted by Crippen LogP contribution is -2.52. The first-order valence-corrected chi connectivity index (χ1v) is 7.21. The van der Waals surface area contributed by atoms with Crippen LogP contribution in [0, 0.1) is 11.8 Å². The third-order valence-electron chi connectivity index (χ3n) is 4.83. The fourth-order valence-corrected chi connectivity index (χ4v) is 3.47. The van der Waals surface area contributed by atoms with Crippen LogP contribution in [-0.2, 0) is 4.74 Å². The molecule has 2 aliphatic heterocycles. The number of ether oxygens (including phenoxy) is 1. The lowest BCUT2D eigenvalue weighted by molar-refractivity contribution is 0.0153. The molecule has 100 valence electrons. The van der Waals surface area contributed by atoms with E-state index in [-0.39, 0.29) is 0 Å². The number of nitrogens with one attached hydrogen (secondary N) is 1. The number of likely N-dealkylation sites (tertiary alicyclic amines) is 1. The smallest absolute Gasteiger partial charge is 0.0469 e. The number of hydrogen-bond donors (Lipinski definition) is 1. The quantitative estimate of drug-likeness (QED) is 0.813. The van der Waals surface area contributed by atoms with Crippen molar-refractivity contribution >= 4 is 0 Å². The summed E-state index contributed by atoms with van der Waals surface area (Å²) in [6.45, 7) is 9.25. The van der Waals surface area contributed by atoms with Gasteiger partial charge in [-0.1, -0.05) is 6.92 Å². The van der Waals surface area contributed by atoms with Gasteiger partial charge in [0.15, 0.2) is 0 Å². The van der Waals surface area contributed by atoms with Gasteiger partial charge in [-0.05, 0) is 51.6 Å². The molecule has 0 bridgehead atoms. The van der Waals surface area contributed by atoms with Crippen LogP contribution in [0.15, 0.2) is 0 Å². The molecule has 0 aromatic heterocycles. The van der Waals surface area contributed by atoms with Crippen LogP contribution in [0.5, 0.6) is 0 Å². The van der Waals surface area contributed by atoms with Gasteiger partial charge in [0, 0.05) is 31.8 Å². The molecule has 3 atom stereocenters. The van der Waals surface area contributed by atoms with Crippen molar-refractivity contribution in [2.75, 3.05) is 33.4 Å². The van der Waals surface area contributed by atoms with Gasteiger partial charge < -0.3 is 15.0 Å². The molecule has 3 nitrogen and oxygen atoms in total. The average Bonchev–Trinajstić information content (AvgIpc) is 2.39. The fraction of sp³-hybridized carbons (Fsp3) is 1.00. The molecule has 2 saturated heterocycles. The minimum absolute atomic E-state index is 0.716. The largest absolute Gasteiger partial charge is 0.381 e. The maximum Gasteiger partial charge on any atom is 0.0469 e. The second-order valence-electron chi connectivity index (χ2n) is 5.85. The van der Waals surface area contributed by atoms with E-state index >= 15 is 0 Å². The molecule has 0 amide bonds. The lowest BCUT2D eigenvalue weighted by atomic mass is 9.87. The first-order valence-electron chi connectivity index (χ1n) is 7.21. The molecule has 0 saturated carbocycles. The first kappa shape index (κ1) is 13.3. The molecule has 2 heterocycles. The van der Waals surface area contributed by atoms with Gasteiger partial charge in [-0.15, -0.1) is 0 Å². The van der Waals surface area contributed by atoms with E-state index in [1.807, 2.05) is 0 Å². The van der Waals surface area contributed by atoms with Gasteiger partial charge >= 0.3 is 0 Å². The zero-order valence-electron chi connectivity index (χ0n) is 11.6. The van der Waals surface area contributed by atoms with E-state index in [0.29, 0.717) is 6.04 Å². The summed E-state index contributed by atoms with van der Waals surface area (Å²) in [7, 11) is 2.10. The van der Waals surface area contributed by atoms with Crippen molar-refractivity contribution in [1.82, 2.24) is 10.2 Å². The number of piperidine rings is 1. The van der Waals surface area contributed by atoms with Crippen LogP contribution in [0.2, 0.25) is 0 Å². The minimum Gasteiger partial charge on any atom is -0.381 e. The van der Waals surface area contributed by atoms with Crippen LogP contribution in [0.4, 0.5) is 0 Å². The first-order chi connectivity index (χ1) is 8.22. The maximum absolute atomic E-state index is 5.46. The highest BCUT2D eigenvalue weighted by atomic mass is 16.5. The van der Waals surface area contributed by atoms with Crippen molar-refractivity contribution in [3.8, 4) is 0 Å². The molecule has 3 heteroatoms. The minimum atomic E-state index is 0.716. The summed E-state index contributed by atoms with van der Waals surface area (Å²) in [5.41, 5.74) is 0. The summed E-state index contributed by atoms with van der Waals surface area (Å²) in [5.74, 6) is 1.62. The van der Waals surface area contributed by atoms with Crippen LogP contribution >= 0.6 is 0 Å². The van der Waals surface area contributed by atoms with E-state index in [2.05, 4.69) is 31.1 Å². The summed E-state index contributed by atoms with van der Waals surface area (Å²) >= 11 is 0. The molecule has 2 rings (SSSR count). The molecular formula is C14H28N2O. The Balaban J connectivity index is 1.85. The lowest BCUT2D eigenvalue weighted by Gasteiger charge is -2.43. The Kier molecular flexibility index (Phi) is 4.83. The monoisotopic (exact) mass is 240 g/mol. The number of nitrogens with zero attached hydrogens (tertiary/aromatic N) is 1. The Labute approximate surface area is 106 Å². The van der Waals surface area contributed by atoms with Crippen molar-refractivity contribution in [3.63, 3.8) is 0 Å². The van der Waals surface area contributed by atoms with Crippen molar-refractivity contribution in [1.29, 1.82) is 0 Å². The molecule has 17 heavy (non-hydrogen) atoms. The molecule has 2 fully saturated rings. The second-order valence-corrected chi connectivity index (χ2v) is 5.85. The van der Waals surface area contributed by atoms with Crippen LogP contribution < -0.4 is 5.32 Å². The van der Waals surface area contributed by atoms with Crippen LogP contribution in [0.25, 0.3) is 0 Å². The number of hydrogen-bond acceptors (Lipinski definition) is 3. The Morgan fingerprint density at radius 3 is 2.53 bits per heavy atom. The van der Waals surface area contributed by atoms with Gasteiger partial charge in [0.1, 0.15) is 0 Å². The molecule has 3 unspecified atom stereocenters. The Morgan fingerprint density at radius 1 is 1.24 bits per heavy atom. The highest BCUT2D eigenvalue weighted by molar-refractivity contribution is 4.86. The van der Waals surface area contributed by atoms with Gasteiger partial charge in [0.25, 0.3) is 0 Å². The summed E-state index contributed by atoms with van der Waals surface area (Å²) in [4.78, 5) is 2.70. The average molecular weight is 240 g/mol. The van der Waals surface area contributed by atoms with E-state index in [1.54, 1.807) is 0 Å². The highest BCUT2D eigenvalue weighted by Crippen LogP contribution is 2.26. The molecule has 0 radical (unpaired) electrons. The van der Waals surface area contributed by atoms with Crippen LogP contribution in [-0.4, -0.2) is 50.3 Å². The Morgan fingerprint density at radius 2 is 1.94 bits per heavy atom. The Bertz CT molecular complexity index is 228. The zero-order chi connectivity index (χ0) is 12.3. The molecule has 0 aromatic carbocycles.